The first-order valence-corrected chi connectivity index (χ1v) is 7.62. The fraction of sp³-hybridized carbons (Fsp3) is 0.625. The Morgan fingerprint density at radius 2 is 2.05 bits per heavy atom. The largest absolute Gasteiger partial charge is 0.496 e. The third-order valence-corrected chi connectivity index (χ3v) is 4.51. The molecule has 1 saturated carbocycles. The molecule has 0 radical (unpaired) electrons. The van der Waals surface area contributed by atoms with Crippen LogP contribution < -0.4 is 10.1 Å². The van der Waals surface area contributed by atoms with E-state index in [4.69, 9.17) is 16.3 Å². The summed E-state index contributed by atoms with van der Waals surface area (Å²) >= 11 is 6.11. The predicted octanol–water partition coefficient (Wildman–Crippen LogP) is 4.06. The van der Waals surface area contributed by atoms with Crippen molar-refractivity contribution in [1.82, 2.24) is 5.32 Å². The zero-order valence-electron chi connectivity index (χ0n) is 11.9. The molecule has 1 aromatic rings. The first-order chi connectivity index (χ1) is 9.24. The quantitative estimate of drug-likeness (QED) is 0.879. The maximum Gasteiger partial charge on any atom is 0.122 e. The van der Waals surface area contributed by atoms with Crippen molar-refractivity contribution in [3.05, 3.63) is 28.8 Å². The molecule has 0 bridgehead atoms. The molecule has 2 rings (SSSR count). The molecule has 3 heteroatoms. The number of ether oxygens (including phenoxy) is 1. The summed E-state index contributed by atoms with van der Waals surface area (Å²) in [5.41, 5.74) is 1.21. The molecular formula is C16H24ClNO. The van der Waals surface area contributed by atoms with E-state index >= 15 is 0 Å². The van der Waals surface area contributed by atoms with E-state index in [0.717, 1.165) is 23.1 Å². The number of benzene rings is 1. The first kappa shape index (κ1) is 14.7. The van der Waals surface area contributed by atoms with Crippen LogP contribution >= 0.6 is 11.6 Å². The van der Waals surface area contributed by atoms with Gasteiger partial charge in [0.2, 0.25) is 0 Å². The van der Waals surface area contributed by atoms with Crippen LogP contribution in [-0.4, -0.2) is 20.2 Å². The van der Waals surface area contributed by atoms with Gasteiger partial charge >= 0.3 is 0 Å². The number of methoxy groups -OCH3 is 1. The van der Waals surface area contributed by atoms with Gasteiger partial charge in [0.15, 0.2) is 0 Å². The maximum absolute atomic E-state index is 6.11. The summed E-state index contributed by atoms with van der Waals surface area (Å²) in [7, 11) is 3.79. The molecule has 0 saturated heterocycles. The van der Waals surface area contributed by atoms with E-state index in [-0.39, 0.29) is 0 Å². The lowest BCUT2D eigenvalue weighted by molar-refractivity contribution is 0.275. The van der Waals surface area contributed by atoms with Crippen molar-refractivity contribution in [3.63, 3.8) is 0 Å². The molecule has 1 atom stereocenters. The fourth-order valence-electron chi connectivity index (χ4n) is 3.18. The summed E-state index contributed by atoms with van der Waals surface area (Å²) in [6.07, 6.45) is 7.81. The Kier molecular flexibility index (Phi) is 5.53. The van der Waals surface area contributed by atoms with Crippen LogP contribution in [0.2, 0.25) is 5.02 Å². The molecule has 19 heavy (non-hydrogen) atoms. The summed E-state index contributed by atoms with van der Waals surface area (Å²) in [4.78, 5) is 0. The topological polar surface area (TPSA) is 21.3 Å². The Bertz CT molecular complexity index is 402. The van der Waals surface area contributed by atoms with E-state index in [0.29, 0.717) is 6.04 Å². The van der Waals surface area contributed by atoms with E-state index in [9.17, 15) is 0 Å². The molecule has 0 spiro atoms. The lowest BCUT2D eigenvalue weighted by atomic mass is 9.81. The Hall–Kier alpha value is -0.730. The third kappa shape index (κ3) is 3.87. The minimum absolute atomic E-state index is 0.521. The summed E-state index contributed by atoms with van der Waals surface area (Å²) < 4.78 is 5.45. The van der Waals surface area contributed by atoms with Gasteiger partial charge in [0.25, 0.3) is 0 Å². The summed E-state index contributed by atoms with van der Waals surface area (Å²) in [6, 6.07) is 6.41. The molecule has 1 unspecified atom stereocenters. The lowest BCUT2D eigenvalue weighted by Gasteiger charge is -2.30. The zero-order chi connectivity index (χ0) is 13.7. The van der Waals surface area contributed by atoms with Gasteiger partial charge < -0.3 is 10.1 Å². The molecule has 1 N–H and O–H groups in total. The van der Waals surface area contributed by atoms with Crippen LogP contribution in [0.15, 0.2) is 18.2 Å². The van der Waals surface area contributed by atoms with E-state index < -0.39 is 0 Å². The second-order valence-electron chi connectivity index (χ2n) is 5.45. The van der Waals surface area contributed by atoms with E-state index in [1.165, 1.54) is 37.7 Å². The van der Waals surface area contributed by atoms with Crippen molar-refractivity contribution in [1.29, 1.82) is 0 Å². The van der Waals surface area contributed by atoms with Gasteiger partial charge in [0.05, 0.1) is 7.11 Å². The lowest BCUT2D eigenvalue weighted by Crippen LogP contribution is -2.36. The molecule has 1 fully saturated rings. The molecular weight excluding hydrogens is 258 g/mol. The molecule has 1 aliphatic rings. The number of halogens is 1. The normalized spacial score (nSPS) is 18.3. The molecule has 1 aliphatic carbocycles. The van der Waals surface area contributed by atoms with Crippen molar-refractivity contribution in [2.45, 2.75) is 44.6 Å². The van der Waals surface area contributed by atoms with Crippen LogP contribution in [0.4, 0.5) is 0 Å². The monoisotopic (exact) mass is 281 g/mol. The summed E-state index contributed by atoms with van der Waals surface area (Å²) in [5, 5.41) is 4.28. The summed E-state index contributed by atoms with van der Waals surface area (Å²) in [5.74, 6) is 1.72. The van der Waals surface area contributed by atoms with Crippen molar-refractivity contribution in [2.75, 3.05) is 14.2 Å². The highest BCUT2D eigenvalue weighted by Gasteiger charge is 2.23. The highest BCUT2D eigenvalue weighted by Crippen LogP contribution is 2.30. The molecule has 0 aromatic heterocycles. The zero-order valence-corrected chi connectivity index (χ0v) is 12.7. The average molecular weight is 282 g/mol. The van der Waals surface area contributed by atoms with Crippen LogP contribution in [0.3, 0.4) is 0 Å². The Morgan fingerprint density at radius 3 is 2.68 bits per heavy atom. The number of rotatable bonds is 5. The smallest absolute Gasteiger partial charge is 0.122 e. The maximum atomic E-state index is 6.11. The highest BCUT2D eigenvalue weighted by molar-refractivity contribution is 6.30. The number of hydrogen-bond donors (Lipinski definition) is 1. The van der Waals surface area contributed by atoms with E-state index in [2.05, 4.69) is 12.4 Å². The summed E-state index contributed by atoms with van der Waals surface area (Å²) in [6.45, 7) is 0. The number of nitrogens with one attached hydrogen (secondary N) is 1. The van der Waals surface area contributed by atoms with Crippen molar-refractivity contribution >= 4 is 11.6 Å². The number of likely N-dealkylation sites (N-methyl/N-ethyl adjacent to an activating group) is 1. The molecule has 0 heterocycles. The van der Waals surface area contributed by atoms with E-state index in [1.807, 2.05) is 18.2 Å². The van der Waals surface area contributed by atoms with Gasteiger partial charge in [0, 0.05) is 11.1 Å². The van der Waals surface area contributed by atoms with Gasteiger partial charge in [-0.1, -0.05) is 30.9 Å². The van der Waals surface area contributed by atoms with Gasteiger partial charge in [-0.3, -0.25) is 0 Å². The molecule has 0 amide bonds. The van der Waals surface area contributed by atoms with Gasteiger partial charge in [-0.05, 0) is 56.0 Å². The van der Waals surface area contributed by atoms with Crippen molar-refractivity contribution in [3.8, 4) is 5.75 Å². The van der Waals surface area contributed by atoms with Crippen LogP contribution in [0.5, 0.6) is 5.75 Å². The highest BCUT2D eigenvalue weighted by atomic mass is 35.5. The van der Waals surface area contributed by atoms with Crippen LogP contribution in [0.25, 0.3) is 0 Å². The first-order valence-electron chi connectivity index (χ1n) is 7.24. The molecule has 2 nitrogen and oxygen atoms in total. The average Bonchev–Trinajstić information content (AvgIpc) is 2.46. The van der Waals surface area contributed by atoms with E-state index in [1.54, 1.807) is 7.11 Å². The van der Waals surface area contributed by atoms with Crippen molar-refractivity contribution in [2.24, 2.45) is 5.92 Å². The Balaban J connectivity index is 2.10. The second kappa shape index (κ2) is 7.16. The van der Waals surface area contributed by atoms with Crippen LogP contribution in [0, 0.1) is 5.92 Å². The Labute approximate surface area is 121 Å². The van der Waals surface area contributed by atoms with Gasteiger partial charge in [-0.15, -0.1) is 0 Å². The van der Waals surface area contributed by atoms with Gasteiger partial charge in [-0.2, -0.15) is 0 Å². The van der Waals surface area contributed by atoms with Crippen LogP contribution in [-0.2, 0) is 6.42 Å². The second-order valence-corrected chi connectivity index (χ2v) is 5.89. The SMILES string of the molecule is CNC(Cc1cc(Cl)ccc1OC)C1CCCCC1. The predicted molar refractivity (Wildman–Crippen MR) is 81.1 cm³/mol. The minimum Gasteiger partial charge on any atom is -0.496 e. The fourth-order valence-corrected chi connectivity index (χ4v) is 3.38. The van der Waals surface area contributed by atoms with Gasteiger partial charge in [0.1, 0.15) is 5.75 Å². The molecule has 0 aliphatic heterocycles. The minimum atomic E-state index is 0.521. The van der Waals surface area contributed by atoms with Crippen LogP contribution in [0.1, 0.15) is 37.7 Å². The Morgan fingerprint density at radius 1 is 1.32 bits per heavy atom. The van der Waals surface area contributed by atoms with Gasteiger partial charge in [-0.25, -0.2) is 0 Å². The van der Waals surface area contributed by atoms with Crippen molar-refractivity contribution < 1.29 is 4.74 Å². The molecule has 1 aromatic carbocycles. The molecule has 106 valence electrons. The standard InChI is InChI=1S/C16H24ClNO/c1-18-15(12-6-4-3-5-7-12)11-13-10-14(17)8-9-16(13)19-2/h8-10,12,15,18H,3-7,11H2,1-2H3. The number of hydrogen-bond acceptors (Lipinski definition) is 2. The third-order valence-electron chi connectivity index (χ3n) is 4.27.